The van der Waals surface area contributed by atoms with Gasteiger partial charge in [0.15, 0.2) is 5.69 Å². The first kappa shape index (κ1) is 17.7. The summed E-state index contributed by atoms with van der Waals surface area (Å²) >= 11 is 4.68. The third-order valence-corrected chi connectivity index (χ3v) is 5.71. The highest BCUT2D eigenvalue weighted by molar-refractivity contribution is 14.1. The predicted molar refractivity (Wildman–Crippen MR) is 115 cm³/mol. The number of halogens is 2. The smallest absolute Gasteiger partial charge is 0.276 e. The maximum atomic E-state index is 12.8. The molecule has 24 heavy (non-hydrogen) atoms. The minimum Gasteiger partial charge on any atom is -0.320 e. The van der Waals surface area contributed by atoms with Crippen LogP contribution in [0.25, 0.3) is 10.9 Å². The van der Waals surface area contributed by atoms with Gasteiger partial charge < -0.3 is 5.32 Å². The Bertz CT molecular complexity index is 918. The minimum atomic E-state index is -0.166. The second kappa shape index (κ2) is 7.38. The van der Waals surface area contributed by atoms with E-state index in [-0.39, 0.29) is 5.91 Å². The van der Waals surface area contributed by atoms with E-state index < -0.39 is 0 Å². The second-order valence-electron chi connectivity index (χ2n) is 5.65. The van der Waals surface area contributed by atoms with Gasteiger partial charge in [-0.1, -0.05) is 69.4 Å². The average molecular weight is 545 g/mol. The van der Waals surface area contributed by atoms with E-state index in [1.165, 1.54) is 11.1 Å². The van der Waals surface area contributed by atoms with Crippen LogP contribution in [0, 0.1) is 6.92 Å². The number of aryl methyl sites for hydroxylation is 2. The summed E-state index contributed by atoms with van der Waals surface area (Å²) in [6, 6.07) is 12.0. The van der Waals surface area contributed by atoms with E-state index in [9.17, 15) is 4.79 Å². The van der Waals surface area contributed by atoms with E-state index >= 15 is 0 Å². The van der Waals surface area contributed by atoms with E-state index in [2.05, 4.69) is 74.7 Å². The Kier molecular flexibility index (Phi) is 5.43. The molecule has 0 aliphatic rings. The Morgan fingerprint density at radius 3 is 2.58 bits per heavy atom. The molecule has 0 aliphatic carbocycles. The van der Waals surface area contributed by atoms with Gasteiger partial charge in [-0.05, 0) is 35.7 Å². The van der Waals surface area contributed by atoms with Crippen LogP contribution in [0.2, 0.25) is 0 Å². The van der Waals surface area contributed by atoms with Crippen molar-refractivity contribution in [2.45, 2.75) is 15.8 Å². The van der Waals surface area contributed by atoms with Gasteiger partial charge in [0.1, 0.15) is 0 Å². The van der Waals surface area contributed by atoms with Crippen molar-refractivity contribution in [2.24, 2.45) is 7.05 Å². The molecule has 1 amide bonds. The van der Waals surface area contributed by atoms with Gasteiger partial charge in [0, 0.05) is 27.0 Å². The van der Waals surface area contributed by atoms with Crippen molar-refractivity contribution < 1.29 is 4.79 Å². The number of carbonyl (C=O) groups is 1. The van der Waals surface area contributed by atoms with Crippen LogP contribution in [0.5, 0.6) is 0 Å². The quantitative estimate of drug-likeness (QED) is 0.371. The highest BCUT2D eigenvalue weighted by Gasteiger charge is 2.17. The van der Waals surface area contributed by atoms with Crippen molar-refractivity contribution >= 4 is 67.7 Å². The number of alkyl halides is 2. The molecule has 1 aromatic heterocycles. The number of amides is 1. The molecule has 124 valence electrons. The van der Waals surface area contributed by atoms with Gasteiger partial charge in [0.05, 0.1) is 5.52 Å². The molecule has 1 heterocycles. The molecule has 0 aliphatic heterocycles. The fourth-order valence-corrected chi connectivity index (χ4v) is 4.20. The van der Waals surface area contributed by atoms with Gasteiger partial charge in [-0.3, -0.25) is 9.48 Å². The van der Waals surface area contributed by atoms with Gasteiger partial charge >= 0.3 is 0 Å². The van der Waals surface area contributed by atoms with E-state index in [4.69, 9.17) is 0 Å². The molecule has 0 atom stereocenters. The van der Waals surface area contributed by atoms with Crippen molar-refractivity contribution in [1.82, 2.24) is 9.78 Å². The molecule has 0 saturated carbocycles. The summed E-state index contributed by atoms with van der Waals surface area (Å²) in [4.78, 5) is 12.8. The molecule has 3 aromatic rings. The van der Waals surface area contributed by atoms with Crippen molar-refractivity contribution in [2.75, 3.05) is 5.32 Å². The van der Waals surface area contributed by atoms with Crippen LogP contribution in [-0.2, 0) is 15.9 Å². The first-order valence-corrected chi connectivity index (χ1v) is 10.6. The molecule has 0 spiro atoms. The van der Waals surface area contributed by atoms with E-state index in [0.717, 1.165) is 31.0 Å². The van der Waals surface area contributed by atoms with Crippen LogP contribution < -0.4 is 5.32 Å². The largest absolute Gasteiger partial charge is 0.320 e. The molecule has 3 rings (SSSR count). The van der Waals surface area contributed by atoms with Crippen molar-refractivity contribution in [1.29, 1.82) is 0 Å². The van der Waals surface area contributed by atoms with Gasteiger partial charge in [0.25, 0.3) is 5.91 Å². The van der Waals surface area contributed by atoms with Crippen LogP contribution in [0.15, 0.2) is 36.4 Å². The third kappa shape index (κ3) is 3.30. The van der Waals surface area contributed by atoms with Gasteiger partial charge in [-0.25, -0.2) is 0 Å². The van der Waals surface area contributed by atoms with Crippen molar-refractivity contribution in [3.05, 3.63) is 58.8 Å². The number of benzene rings is 2. The average Bonchev–Trinajstić information content (AvgIpc) is 2.93. The Balaban J connectivity index is 2.00. The number of nitrogens with zero attached hydrogens (tertiary/aromatic N) is 2. The maximum absolute atomic E-state index is 12.8. The molecule has 0 saturated heterocycles. The van der Waals surface area contributed by atoms with Crippen LogP contribution >= 0.6 is 45.2 Å². The fourth-order valence-electron chi connectivity index (χ4n) is 2.75. The number of anilines is 1. The lowest BCUT2D eigenvalue weighted by molar-refractivity contribution is 0.102. The summed E-state index contributed by atoms with van der Waals surface area (Å²) in [5, 5.41) is 8.34. The first-order valence-electron chi connectivity index (χ1n) is 7.52. The zero-order valence-electron chi connectivity index (χ0n) is 13.4. The van der Waals surface area contributed by atoms with Gasteiger partial charge in [-0.15, -0.1) is 0 Å². The van der Waals surface area contributed by atoms with E-state index in [0.29, 0.717) is 5.69 Å². The summed E-state index contributed by atoms with van der Waals surface area (Å²) < 4.78 is 3.51. The Morgan fingerprint density at radius 1 is 1.17 bits per heavy atom. The van der Waals surface area contributed by atoms with E-state index in [1.807, 2.05) is 31.3 Å². The number of carbonyl (C=O) groups excluding carboxylic acids is 1. The summed E-state index contributed by atoms with van der Waals surface area (Å²) in [5.41, 5.74) is 5.93. The zero-order valence-corrected chi connectivity index (χ0v) is 17.8. The lowest BCUT2D eigenvalue weighted by Gasteiger charge is -2.13. The Labute approximate surface area is 168 Å². The molecular formula is C18H17I2N3O. The Hall–Kier alpha value is -1.16. The van der Waals surface area contributed by atoms with E-state index in [1.54, 1.807) is 4.68 Å². The first-order chi connectivity index (χ1) is 11.5. The summed E-state index contributed by atoms with van der Waals surface area (Å²) in [5.74, 6) is -0.166. The molecule has 2 aromatic carbocycles. The number of para-hydroxylation sites is 1. The number of fused-ring (bicyclic) bond motifs is 1. The lowest BCUT2D eigenvalue weighted by Crippen LogP contribution is -2.15. The second-order valence-corrected chi connectivity index (χ2v) is 7.17. The van der Waals surface area contributed by atoms with Crippen LogP contribution in [-0.4, -0.2) is 15.7 Å². The fraction of sp³-hybridized carbons (Fsp3) is 0.222. The molecule has 0 radical (unpaired) electrons. The zero-order chi connectivity index (χ0) is 17.3. The molecular weight excluding hydrogens is 528 g/mol. The van der Waals surface area contributed by atoms with Crippen molar-refractivity contribution in [3.63, 3.8) is 0 Å². The molecule has 0 bridgehead atoms. The number of hydrogen-bond acceptors (Lipinski definition) is 2. The summed E-state index contributed by atoms with van der Waals surface area (Å²) in [7, 11) is 1.86. The van der Waals surface area contributed by atoms with Crippen molar-refractivity contribution in [3.8, 4) is 0 Å². The number of rotatable bonds is 4. The summed E-state index contributed by atoms with van der Waals surface area (Å²) in [6.07, 6.45) is 0. The van der Waals surface area contributed by atoms with Crippen LogP contribution in [0.1, 0.15) is 27.2 Å². The molecule has 6 heteroatoms. The predicted octanol–water partition coefficient (Wildman–Crippen LogP) is 5.00. The monoisotopic (exact) mass is 545 g/mol. The topological polar surface area (TPSA) is 46.9 Å². The van der Waals surface area contributed by atoms with Gasteiger partial charge in [-0.2, -0.15) is 5.10 Å². The maximum Gasteiger partial charge on any atom is 0.276 e. The van der Waals surface area contributed by atoms with Crippen LogP contribution in [0.3, 0.4) is 0 Å². The van der Waals surface area contributed by atoms with Gasteiger partial charge in [0.2, 0.25) is 0 Å². The number of aromatic nitrogens is 2. The number of hydrogen-bond donors (Lipinski definition) is 1. The standard InChI is InChI=1S/C18H17I2N3O/c1-11-7-13(10-20)15(8-12(11)9-19)21-18(24)17-14-5-3-4-6-16(14)23(2)22-17/h3-8H,9-10H2,1-2H3,(H,21,24). The summed E-state index contributed by atoms with van der Waals surface area (Å²) in [6.45, 7) is 2.11. The molecule has 4 nitrogen and oxygen atoms in total. The van der Waals surface area contributed by atoms with Crippen LogP contribution in [0.4, 0.5) is 5.69 Å². The lowest BCUT2D eigenvalue weighted by atomic mass is 10.0. The third-order valence-electron chi connectivity index (χ3n) is 4.07. The normalized spacial score (nSPS) is 11.0. The molecule has 0 unspecified atom stereocenters. The molecule has 1 N–H and O–H groups in total. The highest BCUT2D eigenvalue weighted by Crippen LogP contribution is 2.26. The Morgan fingerprint density at radius 2 is 1.88 bits per heavy atom. The minimum absolute atomic E-state index is 0.166. The number of nitrogens with one attached hydrogen (secondary N) is 1. The highest BCUT2D eigenvalue weighted by atomic mass is 127. The molecule has 0 fully saturated rings. The SMILES string of the molecule is Cc1cc(CI)c(NC(=O)c2nn(C)c3ccccc23)cc1CI.